The van der Waals surface area contributed by atoms with Crippen LogP contribution in [0.3, 0.4) is 0 Å². The Bertz CT molecular complexity index is 851. The van der Waals surface area contributed by atoms with Crippen molar-refractivity contribution in [2.75, 3.05) is 19.6 Å². The molecule has 0 saturated carbocycles. The Morgan fingerprint density at radius 1 is 1.19 bits per heavy atom. The summed E-state index contributed by atoms with van der Waals surface area (Å²) in [5.74, 6) is 1.97. The first kappa shape index (κ1) is 16.8. The van der Waals surface area contributed by atoms with Crippen molar-refractivity contribution in [2.24, 2.45) is 0 Å². The van der Waals surface area contributed by atoms with Gasteiger partial charge in [-0.25, -0.2) is 4.98 Å². The molecule has 0 spiro atoms. The molecule has 3 aromatic heterocycles. The van der Waals surface area contributed by atoms with Gasteiger partial charge in [-0.1, -0.05) is 0 Å². The van der Waals surface area contributed by atoms with Crippen LogP contribution in [0.4, 0.5) is 0 Å². The van der Waals surface area contributed by atoms with Crippen molar-refractivity contribution in [3.8, 4) is 11.5 Å². The third-order valence-corrected chi connectivity index (χ3v) is 5.66. The van der Waals surface area contributed by atoms with Crippen LogP contribution in [0.2, 0.25) is 0 Å². The van der Waals surface area contributed by atoms with E-state index in [0.717, 1.165) is 63.0 Å². The maximum absolute atomic E-state index is 5.78. The summed E-state index contributed by atoms with van der Waals surface area (Å²) in [4.78, 5) is 7.15. The molecule has 1 unspecified atom stereocenters. The first-order valence-corrected chi connectivity index (χ1v) is 9.95. The molecule has 2 aliphatic heterocycles. The van der Waals surface area contributed by atoms with Crippen molar-refractivity contribution >= 4 is 0 Å². The van der Waals surface area contributed by atoms with Crippen LogP contribution in [0.1, 0.15) is 36.8 Å². The maximum Gasteiger partial charge on any atom is 0.160 e. The lowest BCUT2D eigenvalue weighted by Crippen LogP contribution is -2.29. The minimum atomic E-state index is 0.234. The first-order chi connectivity index (χ1) is 13.4. The van der Waals surface area contributed by atoms with E-state index in [4.69, 9.17) is 9.52 Å². The molecule has 7 nitrogen and oxygen atoms in total. The monoisotopic (exact) mass is 366 g/mol. The molecule has 3 aromatic rings. The van der Waals surface area contributed by atoms with Crippen LogP contribution in [0.25, 0.3) is 11.5 Å². The van der Waals surface area contributed by atoms with Crippen molar-refractivity contribution in [3.05, 3.63) is 48.3 Å². The topological polar surface area (TPSA) is 64.0 Å². The van der Waals surface area contributed by atoms with Crippen molar-refractivity contribution in [1.82, 2.24) is 29.5 Å². The quantitative estimate of drug-likeness (QED) is 0.752. The lowest BCUT2D eigenvalue weighted by Gasteiger charge is -2.26. The molecule has 0 bridgehead atoms. The van der Waals surface area contributed by atoms with Gasteiger partial charge in [-0.05, 0) is 57.1 Å². The number of nitrogens with one attached hydrogen (secondary N) is 1. The van der Waals surface area contributed by atoms with E-state index in [1.54, 1.807) is 6.26 Å². The maximum atomic E-state index is 5.78. The van der Waals surface area contributed by atoms with Crippen molar-refractivity contribution in [2.45, 2.75) is 44.9 Å². The SMILES string of the molecule is c1coc(C(Cn2ccnc2-c2cc3n(n2)CCCNC3)N2CCCC2)c1. The molecule has 1 saturated heterocycles. The Balaban J connectivity index is 1.44. The van der Waals surface area contributed by atoms with E-state index in [0.29, 0.717) is 0 Å². The predicted octanol–water partition coefficient (Wildman–Crippen LogP) is 2.67. The fraction of sp³-hybridized carbons (Fsp3) is 0.500. The molecule has 7 heteroatoms. The molecule has 5 heterocycles. The molecule has 1 N–H and O–H groups in total. The molecule has 27 heavy (non-hydrogen) atoms. The van der Waals surface area contributed by atoms with Crippen LogP contribution in [-0.4, -0.2) is 43.9 Å². The Morgan fingerprint density at radius 2 is 2.11 bits per heavy atom. The zero-order valence-electron chi connectivity index (χ0n) is 15.5. The number of likely N-dealkylation sites (tertiary alicyclic amines) is 1. The Morgan fingerprint density at radius 3 is 2.96 bits per heavy atom. The van der Waals surface area contributed by atoms with Crippen LogP contribution in [0, 0.1) is 0 Å². The fourth-order valence-corrected chi connectivity index (χ4v) is 4.27. The second-order valence-corrected chi connectivity index (χ2v) is 7.45. The van der Waals surface area contributed by atoms with Gasteiger partial charge in [0.2, 0.25) is 0 Å². The number of hydrogen-bond acceptors (Lipinski definition) is 5. The summed E-state index contributed by atoms with van der Waals surface area (Å²) in [6.45, 7) is 5.96. The summed E-state index contributed by atoms with van der Waals surface area (Å²) in [6, 6.07) is 6.48. The lowest BCUT2D eigenvalue weighted by atomic mass is 10.2. The molecular formula is C20H26N6O. The highest BCUT2D eigenvalue weighted by molar-refractivity contribution is 5.50. The third kappa shape index (κ3) is 3.33. The standard InChI is InChI=1S/C20H26N6O/c1-2-9-24(8-1)18(19-5-3-12-27-19)15-25-11-7-22-20(25)17-13-16-14-21-6-4-10-26(16)23-17/h3,5,7,11-13,18,21H,1-2,4,6,8-10,14-15H2. The van der Waals surface area contributed by atoms with Gasteiger partial charge in [0.1, 0.15) is 11.5 Å². The highest BCUT2D eigenvalue weighted by Crippen LogP contribution is 2.29. The molecule has 0 amide bonds. The number of aromatic nitrogens is 4. The lowest BCUT2D eigenvalue weighted by molar-refractivity contribution is 0.194. The highest BCUT2D eigenvalue weighted by Gasteiger charge is 2.27. The van der Waals surface area contributed by atoms with E-state index >= 15 is 0 Å². The second kappa shape index (κ2) is 7.32. The van der Waals surface area contributed by atoms with Gasteiger partial charge in [-0.15, -0.1) is 0 Å². The van der Waals surface area contributed by atoms with Gasteiger partial charge < -0.3 is 14.3 Å². The van der Waals surface area contributed by atoms with E-state index in [1.807, 2.05) is 12.3 Å². The molecule has 5 rings (SSSR count). The van der Waals surface area contributed by atoms with Gasteiger partial charge in [0, 0.05) is 32.0 Å². The fourth-order valence-electron chi connectivity index (χ4n) is 4.27. The van der Waals surface area contributed by atoms with Crippen LogP contribution < -0.4 is 5.32 Å². The molecule has 142 valence electrons. The van der Waals surface area contributed by atoms with Crippen LogP contribution in [0.5, 0.6) is 0 Å². The van der Waals surface area contributed by atoms with Crippen LogP contribution in [0.15, 0.2) is 41.3 Å². The summed E-state index contributed by atoms with van der Waals surface area (Å²) >= 11 is 0. The molecular weight excluding hydrogens is 340 g/mol. The van der Waals surface area contributed by atoms with Gasteiger partial charge in [-0.3, -0.25) is 9.58 Å². The number of fused-ring (bicyclic) bond motifs is 1. The summed E-state index contributed by atoms with van der Waals surface area (Å²) < 4.78 is 10.1. The van der Waals surface area contributed by atoms with Crippen LogP contribution >= 0.6 is 0 Å². The van der Waals surface area contributed by atoms with E-state index in [-0.39, 0.29) is 6.04 Å². The van der Waals surface area contributed by atoms with Gasteiger partial charge in [0.15, 0.2) is 5.82 Å². The molecule has 0 aromatic carbocycles. The smallest absolute Gasteiger partial charge is 0.160 e. The van der Waals surface area contributed by atoms with E-state index in [2.05, 4.69) is 42.8 Å². The van der Waals surface area contributed by atoms with Gasteiger partial charge in [0.25, 0.3) is 0 Å². The summed E-state index contributed by atoms with van der Waals surface area (Å²) in [5.41, 5.74) is 2.19. The van der Waals surface area contributed by atoms with Gasteiger partial charge >= 0.3 is 0 Å². The summed E-state index contributed by atoms with van der Waals surface area (Å²) in [6.07, 6.45) is 9.33. The molecule has 1 fully saturated rings. The number of imidazole rings is 1. The average Bonchev–Trinajstić information content (AvgIpc) is 3.46. The number of furan rings is 1. The zero-order valence-corrected chi connectivity index (χ0v) is 15.5. The highest BCUT2D eigenvalue weighted by atomic mass is 16.3. The van der Waals surface area contributed by atoms with E-state index < -0.39 is 0 Å². The average molecular weight is 366 g/mol. The van der Waals surface area contributed by atoms with E-state index in [1.165, 1.54) is 18.5 Å². The van der Waals surface area contributed by atoms with Crippen molar-refractivity contribution in [1.29, 1.82) is 0 Å². The minimum absolute atomic E-state index is 0.234. The predicted molar refractivity (Wildman–Crippen MR) is 102 cm³/mol. The summed E-state index contributed by atoms with van der Waals surface area (Å²) in [7, 11) is 0. The Kier molecular flexibility index (Phi) is 4.55. The Hall–Kier alpha value is -2.38. The number of nitrogens with zero attached hydrogens (tertiary/aromatic N) is 5. The van der Waals surface area contributed by atoms with E-state index in [9.17, 15) is 0 Å². The van der Waals surface area contributed by atoms with Crippen molar-refractivity contribution in [3.63, 3.8) is 0 Å². The van der Waals surface area contributed by atoms with Crippen LogP contribution in [-0.2, 0) is 19.6 Å². The molecule has 0 aliphatic carbocycles. The zero-order chi connectivity index (χ0) is 18.1. The number of hydrogen-bond donors (Lipinski definition) is 1. The molecule has 1 atom stereocenters. The minimum Gasteiger partial charge on any atom is -0.468 e. The normalized spacial score (nSPS) is 19.1. The largest absolute Gasteiger partial charge is 0.468 e. The Labute approximate surface area is 159 Å². The van der Waals surface area contributed by atoms with Crippen molar-refractivity contribution < 1.29 is 4.42 Å². The molecule has 0 radical (unpaired) electrons. The van der Waals surface area contributed by atoms with Gasteiger partial charge in [0.05, 0.1) is 18.0 Å². The summed E-state index contributed by atoms with van der Waals surface area (Å²) in [5, 5.41) is 8.30. The first-order valence-electron chi connectivity index (χ1n) is 9.95. The number of aryl methyl sites for hydroxylation is 1. The number of rotatable bonds is 5. The second-order valence-electron chi connectivity index (χ2n) is 7.45. The third-order valence-electron chi connectivity index (χ3n) is 5.66. The van der Waals surface area contributed by atoms with Gasteiger partial charge in [-0.2, -0.15) is 5.10 Å². The molecule has 2 aliphatic rings.